The van der Waals surface area contributed by atoms with Crippen LogP contribution in [0, 0.1) is 0 Å². The molecule has 1 aliphatic rings. The van der Waals surface area contributed by atoms with E-state index >= 15 is 0 Å². The van der Waals surface area contributed by atoms with Crippen molar-refractivity contribution in [3.05, 3.63) is 28.8 Å². The van der Waals surface area contributed by atoms with Gasteiger partial charge in [0, 0.05) is 49.9 Å². The quantitative estimate of drug-likeness (QED) is 0.310. The molecule has 0 unspecified atom stereocenters. The van der Waals surface area contributed by atoms with E-state index in [1.165, 1.54) is 0 Å². The normalized spacial score (nSPS) is 16.0. The number of hydrogen-bond donors (Lipinski definition) is 2. The summed E-state index contributed by atoms with van der Waals surface area (Å²) in [6.07, 6.45) is 2.51. The monoisotopic (exact) mass is 524 g/mol. The second kappa shape index (κ2) is 13.5. The van der Waals surface area contributed by atoms with Gasteiger partial charge in [-0.1, -0.05) is 17.7 Å². The molecule has 1 aromatic rings. The molecule has 1 heterocycles. The molecule has 1 fully saturated rings. The number of guanidine groups is 1. The third-order valence-corrected chi connectivity index (χ3v) is 4.94. The highest BCUT2D eigenvalue weighted by Crippen LogP contribution is 2.22. The highest BCUT2D eigenvalue weighted by molar-refractivity contribution is 14.0. The van der Waals surface area contributed by atoms with Crippen LogP contribution in [0.1, 0.15) is 32.3 Å². The Kier molecular flexibility index (Phi) is 12.1. The fraction of sp³-hybridized carbons (Fsp3) is 0.650. The Bertz CT molecular complexity index is 608. The minimum atomic E-state index is 0. The van der Waals surface area contributed by atoms with Gasteiger partial charge in [0.15, 0.2) is 5.96 Å². The van der Waals surface area contributed by atoms with E-state index in [0.29, 0.717) is 23.7 Å². The maximum absolute atomic E-state index is 6.02. The molecule has 1 saturated heterocycles. The standard InChI is InChI=1S/C20H33ClN4O2.HI/c1-15(2)27-12-11-25-9-7-18(8-10-25)24-20(22-3)23-14-16-5-6-17(21)13-19(16)26-4;/h5-6,13,15,18H,7-12,14H2,1-4H3,(H2,22,23,24);1H. The molecule has 1 aliphatic heterocycles. The molecule has 6 nitrogen and oxygen atoms in total. The van der Waals surface area contributed by atoms with E-state index in [4.69, 9.17) is 21.1 Å². The van der Waals surface area contributed by atoms with Crippen LogP contribution in [0.25, 0.3) is 0 Å². The number of benzene rings is 1. The average molecular weight is 525 g/mol. The lowest BCUT2D eigenvalue weighted by Gasteiger charge is -2.33. The summed E-state index contributed by atoms with van der Waals surface area (Å²) in [5.74, 6) is 1.59. The first kappa shape index (κ1) is 25.3. The lowest BCUT2D eigenvalue weighted by molar-refractivity contribution is 0.0532. The SMILES string of the molecule is CN=C(NCc1ccc(Cl)cc1OC)NC1CCN(CCOC(C)C)CC1.I. The van der Waals surface area contributed by atoms with E-state index in [-0.39, 0.29) is 24.0 Å². The van der Waals surface area contributed by atoms with Gasteiger partial charge in [-0.05, 0) is 38.8 Å². The lowest BCUT2D eigenvalue weighted by Crippen LogP contribution is -2.49. The Balaban J connectivity index is 0.00000392. The van der Waals surface area contributed by atoms with Gasteiger partial charge in [0.1, 0.15) is 5.75 Å². The molecule has 0 radical (unpaired) electrons. The third-order valence-electron chi connectivity index (χ3n) is 4.71. The van der Waals surface area contributed by atoms with Crippen molar-refractivity contribution < 1.29 is 9.47 Å². The van der Waals surface area contributed by atoms with Crippen molar-refractivity contribution in [2.45, 2.75) is 45.4 Å². The van der Waals surface area contributed by atoms with Crippen LogP contribution < -0.4 is 15.4 Å². The van der Waals surface area contributed by atoms with Gasteiger partial charge in [-0.3, -0.25) is 4.99 Å². The molecular formula is C20H34ClIN4O2. The second-order valence-electron chi connectivity index (χ2n) is 7.06. The Hall–Kier alpha value is -0.770. The highest BCUT2D eigenvalue weighted by atomic mass is 127. The van der Waals surface area contributed by atoms with Gasteiger partial charge in [0.05, 0.1) is 19.8 Å². The smallest absolute Gasteiger partial charge is 0.191 e. The molecule has 1 aromatic carbocycles. The van der Waals surface area contributed by atoms with E-state index < -0.39 is 0 Å². The molecule has 2 N–H and O–H groups in total. The summed E-state index contributed by atoms with van der Waals surface area (Å²) in [4.78, 5) is 6.82. The molecule has 2 rings (SSSR count). The van der Waals surface area contributed by atoms with Crippen LogP contribution in [0.4, 0.5) is 0 Å². The Labute approximate surface area is 191 Å². The van der Waals surface area contributed by atoms with Crippen LogP contribution in [0.5, 0.6) is 5.75 Å². The first-order valence-electron chi connectivity index (χ1n) is 9.65. The Morgan fingerprint density at radius 1 is 1.32 bits per heavy atom. The number of nitrogens with one attached hydrogen (secondary N) is 2. The van der Waals surface area contributed by atoms with Crippen molar-refractivity contribution in [2.24, 2.45) is 4.99 Å². The van der Waals surface area contributed by atoms with E-state index in [1.54, 1.807) is 14.2 Å². The summed E-state index contributed by atoms with van der Waals surface area (Å²) in [6, 6.07) is 6.11. The lowest BCUT2D eigenvalue weighted by atomic mass is 10.1. The average Bonchev–Trinajstić information content (AvgIpc) is 2.66. The van der Waals surface area contributed by atoms with Crippen molar-refractivity contribution in [3.63, 3.8) is 0 Å². The molecule has 0 bridgehead atoms. The van der Waals surface area contributed by atoms with Crippen molar-refractivity contribution in [3.8, 4) is 5.75 Å². The van der Waals surface area contributed by atoms with Gasteiger partial charge in [-0.15, -0.1) is 24.0 Å². The molecule has 8 heteroatoms. The number of ether oxygens (including phenoxy) is 2. The Morgan fingerprint density at radius 2 is 2.04 bits per heavy atom. The summed E-state index contributed by atoms with van der Waals surface area (Å²) in [5, 5.41) is 7.57. The minimum absolute atomic E-state index is 0. The van der Waals surface area contributed by atoms with E-state index in [9.17, 15) is 0 Å². The first-order chi connectivity index (χ1) is 13.0. The molecule has 0 atom stereocenters. The maximum atomic E-state index is 6.02. The maximum Gasteiger partial charge on any atom is 0.191 e. The highest BCUT2D eigenvalue weighted by Gasteiger charge is 2.20. The van der Waals surface area contributed by atoms with Crippen molar-refractivity contribution >= 4 is 41.5 Å². The Morgan fingerprint density at radius 3 is 2.64 bits per heavy atom. The largest absolute Gasteiger partial charge is 0.496 e. The minimum Gasteiger partial charge on any atom is -0.496 e. The predicted molar refractivity (Wildman–Crippen MR) is 127 cm³/mol. The van der Waals surface area contributed by atoms with Crippen molar-refractivity contribution in [1.82, 2.24) is 15.5 Å². The molecule has 0 saturated carbocycles. The van der Waals surface area contributed by atoms with Crippen LogP contribution in [-0.2, 0) is 11.3 Å². The van der Waals surface area contributed by atoms with Gasteiger partial charge in [0.2, 0.25) is 0 Å². The number of halogens is 2. The zero-order valence-corrected chi connectivity index (χ0v) is 20.4. The first-order valence-corrected chi connectivity index (χ1v) is 10.0. The van der Waals surface area contributed by atoms with Crippen LogP contribution in [0.2, 0.25) is 5.02 Å². The zero-order chi connectivity index (χ0) is 19.6. The predicted octanol–water partition coefficient (Wildman–Crippen LogP) is 3.52. The fourth-order valence-corrected chi connectivity index (χ4v) is 3.31. The van der Waals surface area contributed by atoms with Gasteiger partial charge in [0.25, 0.3) is 0 Å². The zero-order valence-electron chi connectivity index (χ0n) is 17.3. The summed E-state index contributed by atoms with van der Waals surface area (Å²) in [5.41, 5.74) is 1.05. The summed E-state index contributed by atoms with van der Waals surface area (Å²) >= 11 is 6.02. The molecular weight excluding hydrogens is 491 g/mol. The van der Waals surface area contributed by atoms with Crippen molar-refractivity contribution in [2.75, 3.05) is 40.4 Å². The van der Waals surface area contributed by atoms with E-state index in [1.807, 2.05) is 18.2 Å². The summed E-state index contributed by atoms with van der Waals surface area (Å²) < 4.78 is 11.0. The summed E-state index contributed by atoms with van der Waals surface area (Å²) in [6.45, 7) is 8.77. The second-order valence-corrected chi connectivity index (χ2v) is 7.50. The number of hydrogen-bond acceptors (Lipinski definition) is 4. The molecule has 0 aromatic heterocycles. The molecule has 0 aliphatic carbocycles. The third kappa shape index (κ3) is 8.71. The van der Waals surface area contributed by atoms with E-state index in [0.717, 1.165) is 56.4 Å². The van der Waals surface area contributed by atoms with Crippen LogP contribution in [-0.4, -0.2) is 63.4 Å². The van der Waals surface area contributed by atoms with Gasteiger partial charge < -0.3 is 25.0 Å². The molecule has 160 valence electrons. The van der Waals surface area contributed by atoms with Crippen LogP contribution in [0.15, 0.2) is 23.2 Å². The topological polar surface area (TPSA) is 58.1 Å². The molecule has 0 spiro atoms. The number of methoxy groups -OCH3 is 1. The number of nitrogens with zero attached hydrogens (tertiary/aromatic N) is 2. The molecule has 28 heavy (non-hydrogen) atoms. The number of aliphatic imine (C=N–C) groups is 1. The fourth-order valence-electron chi connectivity index (χ4n) is 3.15. The summed E-state index contributed by atoms with van der Waals surface area (Å²) in [7, 11) is 3.45. The van der Waals surface area contributed by atoms with Gasteiger partial charge >= 0.3 is 0 Å². The van der Waals surface area contributed by atoms with Gasteiger partial charge in [-0.2, -0.15) is 0 Å². The van der Waals surface area contributed by atoms with Crippen molar-refractivity contribution in [1.29, 1.82) is 0 Å². The number of rotatable bonds is 8. The number of likely N-dealkylation sites (tertiary alicyclic amines) is 1. The van der Waals surface area contributed by atoms with Gasteiger partial charge in [-0.25, -0.2) is 0 Å². The van der Waals surface area contributed by atoms with Crippen LogP contribution >= 0.6 is 35.6 Å². The van der Waals surface area contributed by atoms with Crippen LogP contribution in [0.3, 0.4) is 0 Å². The van der Waals surface area contributed by atoms with E-state index in [2.05, 4.69) is 34.4 Å². The molecule has 0 amide bonds. The number of piperidine rings is 1.